The van der Waals surface area contributed by atoms with E-state index in [9.17, 15) is 8.42 Å². The summed E-state index contributed by atoms with van der Waals surface area (Å²) in [7, 11) is -3.76. The predicted molar refractivity (Wildman–Crippen MR) is 83.7 cm³/mol. The summed E-state index contributed by atoms with van der Waals surface area (Å²) in [6.45, 7) is 3.67. The SMILES string of the molecule is Cc1cc(Br)cc(C)c1NS(=O)(=O)c1cnccc1Cl. The quantitative estimate of drug-likeness (QED) is 0.884. The molecule has 1 N–H and O–H groups in total. The van der Waals surface area contributed by atoms with Gasteiger partial charge in [-0.3, -0.25) is 9.71 Å². The summed E-state index contributed by atoms with van der Waals surface area (Å²) < 4.78 is 28.2. The smallest absolute Gasteiger partial charge is 0.264 e. The van der Waals surface area contributed by atoms with Gasteiger partial charge in [0.25, 0.3) is 10.0 Å². The number of nitrogens with zero attached hydrogens (tertiary/aromatic N) is 1. The van der Waals surface area contributed by atoms with E-state index in [1.807, 2.05) is 26.0 Å². The van der Waals surface area contributed by atoms with Gasteiger partial charge in [-0.1, -0.05) is 27.5 Å². The summed E-state index contributed by atoms with van der Waals surface area (Å²) in [4.78, 5) is 3.76. The molecule has 1 aromatic heterocycles. The van der Waals surface area contributed by atoms with Crippen molar-refractivity contribution in [3.8, 4) is 0 Å². The lowest BCUT2D eigenvalue weighted by atomic mass is 10.1. The maximum atomic E-state index is 12.4. The summed E-state index contributed by atoms with van der Waals surface area (Å²) in [5, 5.41) is 0.139. The maximum Gasteiger partial charge on any atom is 0.264 e. The topological polar surface area (TPSA) is 59.1 Å². The highest BCUT2D eigenvalue weighted by Gasteiger charge is 2.20. The highest BCUT2D eigenvalue weighted by molar-refractivity contribution is 9.10. The van der Waals surface area contributed by atoms with E-state index in [-0.39, 0.29) is 9.92 Å². The molecule has 2 aromatic rings. The fraction of sp³-hybridized carbons (Fsp3) is 0.154. The molecule has 0 saturated heterocycles. The number of halogens is 2. The molecule has 0 amide bonds. The number of pyridine rings is 1. The van der Waals surface area contributed by atoms with Gasteiger partial charge < -0.3 is 0 Å². The van der Waals surface area contributed by atoms with E-state index in [0.717, 1.165) is 15.6 Å². The average Bonchev–Trinajstić information content (AvgIpc) is 2.34. The number of benzene rings is 1. The van der Waals surface area contributed by atoms with Crippen LogP contribution in [-0.4, -0.2) is 13.4 Å². The van der Waals surface area contributed by atoms with Crippen LogP contribution in [0.1, 0.15) is 11.1 Å². The van der Waals surface area contributed by atoms with Crippen molar-refractivity contribution < 1.29 is 8.42 Å². The van der Waals surface area contributed by atoms with Crippen LogP contribution in [0.4, 0.5) is 5.69 Å². The van der Waals surface area contributed by atoms with Gasteiger partial charge in [-0.15, -0.1) is 0 Å². The van der Waals surface area contributed by atoms with Gasteiger partial charge in [-0.2, -0.15) is 0 Å². The Morgan fingerprint density at radius 3 is 2.40 bits per heavy atom. The molecule has 0 saturated carbocycles. The van der Waals surface area contributed by atoms with Gasteiger partial charge in [-0.25, -0.2) is 8.42 Å². The largest absolute Gasteiger partial charge is 0.279 e. The first-order valence-corrected chi connectivity index (χ1v) is 8.36. The van der Waals surface area contributed by atoms with Crippen molar-refractivity contribution in [2.45, 2.75) is 18.7 Å². The number of hydrogen-bond donors (Lipinski definition) is 1. The molecule has 4 nitrogen and oxygen atoms in total. The van der Waals surface area contributed by atoms with Crippen LogP contribution in [0.5, 0.6) is 0 Å². The molecule has 2 rings (SSSR count). The number of rotatable bonds is 3. The monoisotopic (exact) mass is 374 g/mol. The Morgan fingerprint density at radius 1 is 1.25 bits per heavy atom. The van der Waals surface area contributed by atoms with Crippen molar-refractivity contribution in [1.29, 1.82) is 0 Å². The summed E-state index contributed by atoms with van der Waals surface area (Å²) >= 11 is 9.29. The van der Waals surface area contributed by atoms with Gasteiger partial charge in [0.15, 0.2) is 0 Å². The van der Waals surface area contributed by atoms with Crippen molar-refractivity contribution in [2.24, 2.45) is 0 Å². The van der Waals surface area contributed by atoms with E-state index < -0.39 is 10.0 Å². The van der Waals surface area contributed by atoms with Crippen LogP contribution in [0.3, 0.4) is 0 Å². The van der Waals surface area contributed by atoms with Gasteiger partial charge >= 0.3 is 0 Å². The Hall–Kier alpha value is -1.11. The average molecular weight is 376 g/mol. The molecule has 1 aromatic carbocycles. The molecule has 0 spiro atoms. The standard InChI is InChI=1S/C13H12BrClN2O2S/c1-8-5-10(14)6-9(2)13(8)17-20(18,19)12-7-16-4-3-11(12)15/h3-7,17H,1-2H3. The van der Waals surface area contributed by atoms with E-state index in [1.165, 1.54) is 18.5 Å². The lowest BCUT2D eigenvalue weighted by Crippen LogP contribution is -2.15. The normalized spacial score (nSPS) is 11.4. The Morgan fingerprint density at radius 2 is 1.85 bits per heavy atom. The molecule has 0 aliphatic carbocycles. The molecule has 106 valence electrons. The van der Waals surface area contributed by atoms with E-state index in [2.05, 4.69) is 25.6 Å². The second-order valence-electron chi connectivity index (χ2n) is 4.33. The summed E-state index contributed by atoms with van der Waals surface area (Å²) in [6.07, 6.45) is 2.67. The summed E-state index contributed by atoms with van der Waals surface area (Å²) in [5.41, 5.74) is 2.19. The van der Waals surface area contributed by atoms with Crippen molar-refractivity contribution in [2.75, 3.05) is 4.72 Å². The van der Waals surface area contributed by atoms with Gasteiger partial charge in [0.05, 0.1) is 10.7 Å². The van der Waals surface area contributed by atoms with Crippen LogP contribution >= 0.6 is 27.5 Å². The van der Waals surface area contributed by atoms with Gasteiger partial charge in [0.2, 0.25) is 0 Å². The number of hydrogen-bond acceptors (Lipinski definition) is 3. The molecule has 1 heterocycles. The van der Waals surface area contributed by atoms with Gasteiger partial charge in [0.1, 0.15) is 4.90 Å². The minimum atomic E-state index is -3.76. The van der Waals surface area contributed by atoms with E-state index in [0.29, 0.717) is 5.69 Å². The van der Waals surface area contributed by atoms with E-state index in [1.54, 1.807) is 0 Å². The number of nitrogens with one attached hydrogen (secondary N) is 1. The molecule has 0 radical (unpaired) electrons. The minimum Gasteiger partial charge on any atom is -0.279 e. The molecule has 0 bridgehead atoms. The molecule has 0 aliphatic heterocycles. The molecular weight excluding hydrogens is 364 g/mol. The van der Waals surface area contributed by atoms with Crippen molar-refractivity contribution >= 4 is 43.2 Å². The zero-order valence-corrected chi connectivity index (χ0v) is 14.0. The molecule has 7 heteroatoms. The second-order valence-corrected chi connectivity index (χ2v) is 7.30. The third-order valence-electron chi connectivity index (χ3n) is 2.76. The maximum absolute atomic E-state index is 12.4. The van der Waals surface area contributed by atoms with Crippen LogP contribution in [0.25, 0.3) is 0 Å². The zero-order chi connectivity index (χ0) is 14.9. The number of aryl methyl sites for hydroxylation is 2. The van der Waals surface area contributed by atoms with Crippen molar-refractivity contribution in [3.63, 3.8) is 0 Å². The minimum absolute atomic E-state index is 0.0385. The van der Waals surface area contributed by atoms with Crippen LogP contribution < -0.4 is 4.72 Å². The predicted octanol–water partition coefficient (Wildman–Crippen LogP) is 3.92. The van der Waals surface area contributed by atoms with Crippen molar-refractivity contribution in [3.05, 3.63) is 51.2 Å². The highest BCUT2D eigenvalue weighted by atomic mass is 79.9. The first-order valence-electron chi connectivity index (χ1n) is 5.70. The third kappa shape index (κ3) is 3.13. The van der Waals surface area contributed by atoms with Crippen LogP contribution in [0, 0.1) is 13.8 Å². The van der Waals surface area contributed by atoms with E-state index >= 15 is 0 Å². The fourth-order valence-electron chi connectivity index (χ4n) is 1.82. The Kier molecular flexibility index (Phi) is 4.36. The highest BCUT2D eigenvalue weighted by Crippen LogP contribution is 2.28. The zero-order valence-electron chi connectivity index (χ0n) is 10.8. The van der Waals surface area contributed by atoms with Gasteiger partial charge in [0, 0.05) is 16.9 Å². The Bertz CT molecular complexity index is 740. The molecule has 0 aliphatic rings. The fourth-order valence-corrected chi connectivity index (χ4v) is 4.14. The first-order chi connectivity index (χ1) is 9.31. The molecule has 0 fully saturated rings. The summed E-state index contributed by atoms with van der Waals surface area (Å²) in [6, 6.07) is 5.13. The molecular formula is C13H12BrClN2O2S. The van der Waals surface area contributed by atoms with Crippen molar-refractivity contribution in [1.82, 2.24) is 4.98 Å². The second kappa shape index (κ2) is 5.71. The third-order valence-corrected chi connectivity index (χ3v) is 5.03. The Balaban J connectivity index is 2.47. The van der Waals surface area contributed by atoms with Crippen LogP contribution in [0.15, 0.2) is 40.0 Å². The molecule has 0 atom stereocenters. The first kappa shape index (κ1) is 15.3. The number of sulfonamides is 1. The molecule has 0 unspecified atom stereocenters. The number of anilines is 1. The van der Waals surface area contributed by atoms with Crippen LogP contribution in [0.2, 0.25) is 5.02 Å². The Labute approximate surface area is 131 Å². The number of aromatic nitrogens is 1. The molecule has 20 heavy (non-hydrogen) atoms. The summed E-state index contributed by atoms with van der Waals surface area (Å²) in [5.74, 6) is 0. The van der Waals surface area contributed by atoms with Gasteiger partial charge in [-0.05, 0) is 43.2 Å². The lowest BCUT2D eigenvalue weighted by Gasteiger charge is -2.14. The van der Waals surface area contributed by atoms with Crippen LogP contribution in [-0.2, 0) is 10.0 Å². The lowest BCUT2D eigenvalue weighted by molar-refractivity contribution is 0.601. The van der Waals surface area contributed by atoms with E-state index in [4.69, 9.17) is 11.6 Å².